The zero-order chi connectivity index (χ0) is 41.1. The van der Waals surface area contributed by atoms with Crippen LogP contribution in [0.3, 0.4) is 0 Å². The van der Waals surface area contributed by atoms with Gasteiger partial charge in [-0.3, -0.25) is 0 Å². The van der Waals surface area contributed by atoms with Gasteiger partial charge in [0.1, 0.15) is 11.2 Å². The number of benzene rings is 5. The highest BCUT2D eigenvalue weighted by Gasteiger charge is 2.27. The minimum Gasteiger partial charge on any atom is -0.452 e. The second-order valence-electron chi connectivity index (χ2n) is 16.7. The summed E-state index contributed by atoms with van der Waals surface area (Å²) in [6, 6.07) is 31.6. The van der Waals surface area contributed by atoms with Crippen LogP contribution in [0.5, 0.6) is 0 Å². The van der Waals surface area contributed by atoms with Gasteiger partial charge in [0, 0.05) is 43.4 Å². The van der Waals surface area contributed by atoms with Crippen molar-refractivity contribution < 1.29 is 8.83 Å². The van der Waals surface area contributed by atoms with E-state index in [2.05, 4.69) is 172 Å². The van der Waals surface area contributed by atoms with E-state index in [9.17, 15) is 0 Å². The topological polar surface area (TPSA) is 36.1 Å². The normalized spacial score (nSPS) is 14.2. The number of para-hydroxylation sites is 2. The van der Waals surface area contributed by atoms with E-state index in [0.29, 0.717) is 11.8 Å². The second-order valence-corrected chi connectivity index (χ2v) is 16.7. The van der Waals surface area contributed by atoms with Crippen molar-refractivity contribution in [3.05, 3.63) is 143 Å². The van der Waals surface area contributed by atoms with Gasteiger partial charge in [-0.2, -0.15) is 0 Å². The van der Waals surface area contributed by atoms with Crippen LogP contribution in [0.25, 0.3) is 101 Å². The quantitative estimate of drug-likeness (QED) is 0.124. The van der Waals surface area contributed by atoms with Gasteiger partial charge < -0.3 is 18.0 Å². The first-order chi connectivity index (χ1) is 29.5. The molecule has 4 heterocycles. The number of hydrogen-bond acceptors (Lipinski definition) is 2. The maximum Gasteiger partial charge on any atom is 0.178 e. The molecule has 0 N–H and O–H groups in total. The van der Waals surface area contributed by atoms with Crippen LogP contribution in [-0.2, 0) is 0 Å². The van der Waals surface area contributed by atoms with E-state index in [-0.39, 0.29) is 0 Å². The van der Waals surface area contributed by atoms with Gasteiger partial charge in [-0.15, -0.1) is 0 Å². The van der Waals surface area contributed by atoms with Crippen LogP contribution in [-0.4, -0.2) is 9.13 Å². The Bertz CT molecular complexity index is 3170. The van der Waals surface area contributed by atoms with E-state index in [1.165, 1.54) is 55.6 Å². The van der Waals surface area contributed by atoms with Gasteiger partial charge >= 0.3 is 0 Å². The molecule has 4 heteroatoms. The summed E-state index contributed by atoms with van der Waals surface area (Å²) in [5, 5.41) is 6.89. The zero-order valence-corrected chi connectivity index (χ0v) is 35.6. The van der Waals surface area contributed by atoms with E-state index in [0.717, 1.165) is 100 Å². The average molecular weight is 787 g/mol. The van der Waals surface area contributed by atoms with Gasteiger partial charge in [-0.25, -0.2) is 0 Å². The summed E-state index contributed by atoms with van der Waals surface area (Å²) in [5.41, 5.74) is 15.7. The number of fused-ring (bicyclic) bond motifs is 11. The van der Waals surface area contributed by atoms with Crippen LogP contribution in [0.15, 0.2) is 119 Å². The fourth-order valence-corrected chi connectivity index (χ4v) is 10.5. The van der Waals surface area contributed by atoms with E-state index < -0.39 is 0 Å². The van der Waals surface area contributed by atoms with E-state index in [1.807, 2.05) is 6.08 Å². The number of rotatable bonds is 12. The van der Waals surface area contributed by atoms with Crippen molar-refractivity contribution in [3.63, 3.8) is 0 Å². The molecule has 2 atom stereocenters. The summed E-state index contributed by atoms with van der Waals surface area (Å²) in [5.74, 6) is 0.762. The van der Waals surface area contributed by atoms with Crippen molar-refractivity contribution in [2.45, 2.75) is 91.4 Å². The number of aromatic nitrogens is 2. The smallest absolute Gasteiger partial charge is 0.178 e. The van der Waals surface area contributed by atoms with Crippen LogP contribution in [0, 0.1) is 0 Å². The van der Waals surface area contributed by atoms with Gasteiger partial charge in [-0.1, -0.05) is 114 Å². The van der Waals surface area contributed by atoms with E-state index in [4.69, 9.17) is 8.83 Å². The van der Waals surface area contributed by atoms with Crippen LogP contribution < -0.4 is 0 Å². The Morgan fingerprint density at radius 3 is 1.68 bits per heavy atom. The van der Waals surface area contributed by atoms with Crippen LogP contribution >= 0.6 is 0 Å². The molecule has 0 amide bonds. The highest BCUT2D eigenvalue weighted by Crippen LogP contribution is 2.46. The Morgan fingerprint density at radius 1 is 0.633 bits per heavy atom. The lowest BCUT2D eigenvalue weighted by Crippen LogP contribution is -2.08. The molecule has 0 radical (unpaired) electrons. The Kier molecular flexibility index (Phi) is 9.75. The summed E-state index contributed by atoms with van der Waals surface area (Å²) >= 11 is 0. The minimum absolute atomic E-state index is 0.371. The van der Waals surface area contributed by atoms with Crippen molar-refractivity contribution in [1.29, 1.82) is 0 Å². The SMILES string of the molecule is C=Cc1c2c(n(-c3cc4c(cc3C(CC)CCC)oc3c4ccc4c5cc(-n6c7ccccc7c7ccccc76)c(C(CC)CCC)cc5oc43)c1/C=C\C)C=CCC=C2. The fraction of sp³-hybridized carbons (Fsp3) is 0.250. The monoisotopic (exact) mass is 786 g/mol. The van der Waals surface area contributed by atoms with Crippen molar-refractivity contribution in [2.24, 2.45) is 0 Å². The molecule has 0 spiro atoms. The molecule has 300 valence electrons. The highest BCUT2D eigenvalue weighted by molar-refractivity contribution is 6.20. The first-order valence-electron chi connectivity index (χ1n) is 22.3. The number of hydrogen-bond donors (Lipinski definition) is 0. The van der Waals surface area contributed by atoms with Gasteiger partial charge in [0.15, 0.2) is 11.2 Å². The first kappa shape index (κ1) is 38.0. The minimum atomic E-state index is 0.371. The molecule has 0 aliphatic heterocycles. The molecule has 4 nitrogen and oxygen atoms in total. The van der Waals surface area contributed by atoms with Gasteiger partial charge in [0.25, 0.3) is 0 Å². The Morgan fingerprint density at radius 2 is 1.17 bits per heavy atom. The molecule has 9 aromatic rings. The standard InChI is InChI=1S/C56H54N2O2/c1-7-20-35(10-4)43-33-53-45(31-51(43)57-47(22-9-3)37(12-6)38-23-14-13-15-26-48(38)57)41-29-30-42-46-32-52(58-49-27-18-16-24-39(49)40-25-17-19-28-50(40)58)44(36(11-5)21-8-2)34-54(46)60-56(42)55(41)59-53/h9,12,14-19,22-36H,6-8,10-11,13,20-21H2,1-5H3/b22-9-. The summed E-state index contributed by atoms with van der Waals surface area (Å²) < 4.78 is 19.0. The zero-order valence-electron chi connectivity index (χ0n) is 35.6. The lowest BCUT2D eigenvalue weighted by atomic mass is 9.89. The molecule has 10 rings (SSSR count). The summed E-state index contributed by atoms with van der Waals surface area (Å²) in [6.45, 7) is 15.6. The van der Waals surface area contributed by atoms with Crippen molar-refractivity contribution in [3.8, 4) is 11.4 Å². The summed E-state index contributed by atoms with van der Waals surface area (Å²) in [6.07, 6.45) is 22.9. The predicted molar refractivity (Wildman–Crippen MR) is 258 cm³/mol. The molecular weight excluding hydrogens is 733 g/mol. The second kappa shape index (κ2) is 15.4. The largest absolute Gasteiger partial charge is 0.452 e. The summed E-state index contributed by atoms with van der Waals surface area (Å²) in [7, 11) is 0. The first-order valence-corrected chi connectivity index (χ1v) is 22.3. The van der Waals surface area contributed by atoms with Gasteiger partial charge in [0.05, 0.1) is 33.8 Å². The van der Waals surface area contributed by atoms with Gasteiger partial charge in [0.2, 0.25) is 0 Å². The Labute approximate surface area is 352 Å². The van der Waals surface area contributed by atoms with Crippen LogP contribution in [0.4, 0.5) is 0 Å². The maximum atomic E-state index is 7.03. The molecule has 1 aliphatic rings. The van der Waals surface area contributed by atoms with E-state index in [1.54, 1.807) is 0 Å². The van der Waals surface area contributed by atoms with Gasteiger partial charge in [-0.05, 0) is 123 Å². The van der Waals surface area contributed by atoms with Crippen LogP contribution in [0.1, 0.15) is 125 Å². The number of furan rings is 2. The molecule has 0 saturated heterocycles. The Balaban J connectivity index is 1.26. The maximum absolute atomic E-state index is 7.03. The van der Waals surface area contributed by atoms with Crippen molar-refractivity contribution in [2.75, 3.05) is 0 Å². The highest BCUT2D eigenvalue weighted by atomic mass is 16.4. The predicted octanol–water partition coefficient (Wildman–Crippen LogP) is 17.1. The fourth-order valence-electron chi connectivity index (χ4n) is 10.5. The third-order valence-corrected chi connectivity index (χ3v) is 13.3. The molecule has 2 unspecified atom stereocenters. The third kappa shape index (κ3) is 5.79. The lowest BCUT2D eigenvalue weighted by molar-refractivity contribution is 0.590. The Hall–Kier alpha value is -6.26. The molecule has 0 saturated carbocycles. The molecule has 60 heavy (non-hydrogen) atoms. The molecule has 0 fully saturated rings. The molecule has 1 aliphatic carbocycles. The van der Waals surface area contributed by atoms with E-state index >= 15 is 0 Å². The third-order valence-electron chi connectivity index (χ3n) is 13.3. The molecular formula is C56H54N2O2. The number of allylic oxidation sites excluding steroid dienone is 3. The van der Waals surface area contributed by atoms with Crippen molar-refractivity contribution >= 4 is 90.0 Å². The van der Waals surface area contributed by atoms with Crippen LogP contribution in [0.2, 0.25) is 0 Å². The molecule has 5 aromatic carbocycles. The molecule has 4 aromatic heterocycles. The average Bonchev–Trinajstić information content (AvgIpc) is 3.96. The lowest BCUT2D eigenvalue weighted by Gasteiger charge is -2.22. The molecule has 0 bridgehead atoms. The number of nitrogens with zero attached hydrogens (tertiary/aromatic N) is 2. The van der Waals surface area contributed by atoms with Crippen molar-refractivity contribution in [1.82, 2.24) is 9.13 Å². The summed E-state index contributed by atoms with van der Waals surface area (Å²) in [4.78, 5) is 0.